The molecule has 0 radical (unpaired) electrons. The molecule has 106 valence electrons. The number of aromatic nitrogens is 1. The molecule has 4 aliphatic rings. The Bertz CT molecular complexity index is 528. The molecule has 1 aromatic rings. The lowest BCUT2D eigenvalue weighted by Gasteiger charge is -2.61. The van der Waals surface area contributed by atoms with Gasteiger partial charge in [0.05, 0.1) is 5.56 Å². The van der Waals surface area contributed by atoms with E-state index in [4.69, 9.17) is 5.73 Å². The van der Waals surface area contributed by atoms with Crippen LogP contribution in [0.15, 0.2) is 24.5 Å². The number of rotatable bonds is 2. The van der Waals surface area contributed by atoms with Crippen LogP contribution in [0.3, 0.4) is 0 Å². The van der Waals surface area contributed by atoms with Crippen LogP contribution in [-0.2, 0) is 0 Å². The number of pyridine rings is 1. The van der Waals surface area contributed by atoms with Gasteiger partial charge in [0.25, 0.3) is 5.91 Å². The average Bonchev–Trinajstić information content (AvgIpc) is 2.36. The van der Waals surface area contributed by atoms with Crippen molar-refractivity contribution in [3.8, 4) is 0 Å². The summed E-state index contributed by atoms with van der Waals surface area (Å²) in [5.41, 5.74) is 7.11. The van der Waals surface area contributed by atoms with Crippen LogP contribution in [0.1, 0.15) is 48.9 Å². The largest absolute Gasteiger partial charge is 0.346 e. The topological polar surface area (TPSA) is 68.0 Å². The van der Waals surface area contributed by atoms with E-state index in [9.17, 15) is 4.79 Å². The number of nitrogens with one attached hydrogen (secondary N) is 1. The summed E-state index contributed by atoms with van der Waals surface area (Å²) in [5, 5.41) is 3.31. The van der Waals surface area contributed by atoms with Crippen LogP contribution in [0.25, 0.3) is 0 Å². The van der Waals surface area contributed by atoms with E-state index in [1.807, 2.05) is 6.07 Å². The van der Waals surface area contributed by atoms with Gasteiger partial charge in [0.15, 0.2) is 0 Å². The lowest BCUT2D eigenvalue weighted by atomic mass is 9.50. The van der Waals surface area contributed by atoms with Crippen LogP contribution in [0.4, 0.5) is 0 Å². The molecular formula is C16H21N3O. The highest BCUT2D eigenvalue weighted by Crippen LogP contribution is 2.56. The van der Waals surface area contributed by atoms with Gasteiger partial charge in [-0.15, -0.1) is 0 Å². The quantitative estimate of drug-likeness (QED) is 0.862. The van der Waals surface area contributed by atoms with Crippen molar-refractivity contribution in [1.82, 2.24) is 10.3 Å². The second-order valence-electron chi connectivity index (χ2n) is 7.30. The van der Waals surface area contributed by atoms with Crippen LogP contribution in [0.5, 0.6) is 0 Å². The van der Waals surface area contributed by atoms with Gasteiger partial charge >= 0.3 is 0 Å². The van der Waals surface area contributed by atoms with Crippen molar-refractivity contribution < 1.29 is 4.79 Å². The highest BCUT2D eigenvalue weighted by Gasteiger charge is 2.56. The minimum atomic E-state index is -0.0637. The number of nitrogens with zero attached hydrogens (tertiary/aromatic N) is 1. The molecule has 5 rings (SSSR count). The van der Waals surface area contributed by atoms with Crippen LogP contribution in [0.2, 0.25) is 0 Å². The molecule has 4 bridgehead atoms. The van der Waals surface area contributed by atoms with E-state index in [1.165, 1.54) is 6.42 Å². The smallest absolute Gasteiger partial charge is 0.253 e. The first kappa shape index (κ1) is 12.3. The third kappa shape index (κ3) is 1.94. The Balaban J connectivity index is 1.58. The molecule has 4 atom stereocenters. The molecule has 4 heteroatoms. The lowest BCUT2D eigenvalue weighted by molar-refractivity contribution is -0.0320. The van der Waals surface area contributed by atoms with E-state index < -0.39 is 0 Å². The minimum Gasteiger partial charge on any atom is -0.346 e. The van der Waals surface area contributed by atoms with E-state index in [0.29, 0.717) is 17.4 Å². The van der Waals surface area contributed by atoms with Crippen LogP contribution in [0, 0.1) is 11.8 Å². The van der Waals surface area contributed by atoms with Crippen molar-refractivity contribution in [1.29, 1.82) is 0 Å². The average molecular weight is 271 g/mol. The fraction of sp³-hybridized carbons (Fsp3) is 0.625. The van der Waals surface area contributed by atoms with Gasteiger partial charge in [-0.05, 0) is 62.5 Å². The molecular weight excluding hydrogens is 250 g/mol. The van der Waals surface area contributed by atoms with E-state index in [1.54, 1.807) is 18.5 Å². The summed E-state index contributed by atoms with van der Waals surface area (Å²) in [4.78, 5) is 16.5. The third-order valence-corrected chi connectivity index (χ3v) is 5.41. The molecule has 2 unspecified atom stereocenters. The van der Waals surface area contributed by atoms with Crippen molar-refractivity contribution in [2.24, 2.45) is 17.6 Å². The normalized spacial score (nSPS) is 41.6. The standard InChI is InChI=1S/C16H21N3O/c17-15-5-11-4-12(6-15)8-16(7-11,10-15)19-14(20)13-2-1-3-18-9-13/h1-3,9,11-12H,4-8,10,17H2,(H,19,20)/t11-,12+,15?,16?. The molecule has 4 saturated carbocycles. The predicted molar refractivity (Wildman–Crippen MR) is 76.0 cm³/mol. The first-order valence-electron chi connectivity index (χ1n) is 7.57. The van der Waals surface area contributed by atoms with Crippen molar-refractivity contribution in [2.75, 3.05) is 0 Å². The zero-order chi connectivity index (χ0) is 13.8. The van der Waals surface area contributed by atoms with E-state index in [0.717, 1.165) is 32.1 Å². The molecule has 0 aromatic carbocycles. The Morgan fingerprint density at radius 1 is 1.30 bits per heavy atom. The molecule has 4 fully saturated rings. The van der Waals surface area contributed by atoms with Gasteiger partial charge in [-0.25, -0.2) is 0 Å². The summed E-state index contributed by atoms with van der Waals surface area (Å²) in [6, 6.07) is 3.63. The van der Waals surface area contributed by atoms with Gasteiger partial charge in [0, 0.05) is 23.5 Å². The van der Waals surface area contributed by atoms with Gasteiger partial charge in [0.1, 0.15) is 0 Å². The van der Waals surface area contributed by atoms with E-state index >= 15 is 0 Å². The minimum absolute atomic E-state index is 0.00338. The molecule has 1 aromatic heterocycles. The van der Waals surface area contributed by atoms with Crippen LogP contribution >= 0.6 is 0 Å². The fourth-order valence-corrected chi connectivity index (χ4v) is 5.29. The van der Waals surface area contributed by atoms with Crippen molar-refractivity contribution >= 4 is 5.91 Å². The van der Waals surface area contributed by atoms with Gasteiger partial charge < -0.3 is 11.1 Å². The molecule has 20 heavy (non-hydrogen) atoms. The van der Waals surface area contributed by atoms with Gasteiger partial charge in [-0.1, -0.05) is 0 Å². The van der Waals surface area contributed by atoms with E-state index in [2.05, 4.69) is 10.3 Å². The number of carbonyl (C=O) groups is 1. The Hall–Kier alpha value is -1.42. The SMILES string of the molecule is NC12C[C@H]3C[C@@H](C1)CC(NC(=O)c1cccnc1)(C3)C2. The first-order chi connectivity index (χ1) is 9.56. The summed E-state index contributed by atoms with van der Waals surface area (Å²) in [6.07, 6.45) is 10.1. The molecule has 3 N–H and O–H groups in total. The molecule has 1 heterocycles. The first-order valence-corrected chi connectivity index (χ1v) is 7.57. The lowest BCUT2D eigenvalue weighted by Crippen LogP contribution is -2.68. The number of amides is 1. The molecule has 4 aliphatic carbocycles. The number of hydrogen-bond acceptors (Lipinski definition) is 3. The molecule has 1 amide bonds. The summed E-state index contributed by atoms with van der Waals surface area (Å²) in [6.45, 7) is 0. The summed E-state index contributed by atoms with van der Waals surface area (Å²) < 4.78 is 0. The number of hydrogen-bond donors (Lipinski definition) is 2. The maximum atomic E-state index is 12.4. The predicted octanol–water partition coefficient (Wildman–Crippen LogP) is 1.86. The zero-order valence-electron chi connectivity index (χ0n) is 11.6. The molecule has 4 nitrogen and oxygen atoms in total. The zero-order valence-corrected chi connectivity index (χ0v) is 11.6. The number of nitrogens with two attached hydrogens (primary N) is 1. The van der Waals surface area contributed by atoms with E-state index in [-0.39, 0.29) is 17.0 Å². The Morgan fingerprint density at radius 2 is 2.05 bits per heavy atom. The summed E-state index contributed by atoms with van der Waals surface area (Å²) in [7, 11) is 0. The Kier molecular flexibility index (Phi) is 2.49. The highest BCUT2D eigenvalue weighted by molar-refractivity contribution is 5.94. The maximum Gasteiger partial charge on any atom is 0.253 e. The number of carbonyl (C=O) groups excluding carboxylic acids is 1. The van der Waals surface area contributed by atoms with Crippen molar-refractivity contribution in [2.45, 2.75) is 49.6 Å². The summed E-state index contributed by atoms with van der Waals surface area (Å²) in [5.74, 6) is 1.41. The van der Waals surface area contributed by atoms with Crippen molar-refractivity contribution in [3.05, 3.63) is 30.1 Å². The van der Waals surface area contributed by atoms with Crippen LogP contribution < -0.4 is 11.1 Å². The summed E-state index contributed by atoms with van der Waals surface area (Å²) >= 11 is 0. The van der Waals surface area contributed by atoms with Gasteiger partial charge in [-0.3, -0.25) is 9.78 Å². The Morgan fingerprint density at radius 3 is 2.65 bits per heavy atom. The van der Waals surface area contributed by atoms with Gasteiger partial charge in [0.2, 0.25) is 0 Å². The van der Waals surface area contributed by atoms with Gasteiger partial charge in [-0.2, -0.15) is 0 Å². The highest BCUT2D eigenvalue weighted by atomic mass is 16.1. The second kappa shape index (κ2) is 4.04. The second-order valence-corrected chi connectivity index (χ2v) is 7.30. The fourth-order valence-electron chi connectivity index (χ4n) is 5.29. The molecule has 0 aliphatic heterocycles. The molecule has 0 spiro atoms. The van der Waals surface area contributed by atoms with Crippen molar-refractivity contribution in [3.63, 3.8) is 0 Å². The monoisotopic (exact) mass is 271 g/mol. The van der Waals surface area contributed by atoms with Crippen LogP contribution in [-0.4, -0.2) is 22.0 Å². The third-order valence-electron chi connectivity index (χ3n) is 5.41. The molecule has 0 saturated heterocycles. The Labute approximate surface area is 119 Å². The maximum absolute atomic E-state index is 12.4.